The molecule has 3 aromatic heterocycles. The van der Waals surface area contributed by atoms with Gasteiger partial charge in [-0.2, -0.15) is 0 Å². The Morgan fingerprint density at radius 2 is 1.29 bits per heavy atom. The first-order valence-corrected chi connectivity index (χ1v) is 33.1. The van der Waals surface area contributed by atoms with Crippen molar-refractivity contribution in [3.8, 4) is 61.7 Å². The second-order valence-electron chi connectivity index (χ2n) is 21.9. The van der Waals surface area contributed by atoms with Crippen molar-refractivity contribution in [3.63, 3.8) is 0 Å². The van der Waals surface area contributed by atoms with Crippen LogP contribution in [-0.2, 0) is 25.5 Å². The van der Waals surface area contributed by atoms with Crippen LogP contribution in [0.15, 0.2) is 199 Å². The van der Waals surface area contributed by atoms with Gasteiger partial charge in [0.2, 0.25) is 0 Å². The van der Waals surface area contributed by atoms with Crippen molar-refractivity contribution in [1.82, 2.24) is 14.5 Å². The molecule has 0 bridgehead atoms. The third-order valence-electron chi connectivity index (χ3n) is 14.2. The SMILES string of the molecule is Cc1ccc2c(c1)oc1c(-c3nc4c5ccc(F)cc5ccc4n3-c3c(-c4ccccc4)cc(C(C)(C)C)cc3-c3ccccc3)[c-]ccc12.[2H]C(C)(C)c1cc(-c2[c-]ccc(-c3ccccc3)c2)nc[c]1[Ge]([CH3])([CH3])[CH3].[Ir]. The van der Waals surface area contributed by atoms with E-state index in [4.69, 9.17) is 15.8 Å². The standard InChI is InChI=1S/C46H34FN2O.C23H26GeN.Ir/c1-28-18-21-35-36-16-11-17-37(44(36)50-41(35)24-28)45-48-42-34-22-20-33(47)25-31(34)19-23-40(42)49(45)43-38(29-12-7-5-8-13-29)26-32(46(2,3)4)27-39(43)30-14-9-6-10-15-30;1-17(2)21-15-23(25-16-22(21)24(3,4)5)20-13-9-12-19(14-20)18-10-7-6-8-11-18;/h5-16,18-27H,1-4H3;6-12,14-17H,1-5H3;/q2*-1;/i;17D;. The summed E-state index contributed by atoms with van der Waals surface area (Å²) in [6.45, 7) is 12.8. The van der Waals surface area contributed by atoms with Gasteiger partial charge in [0.15, 0.2) is 0 Å². The molecule has 12 aromatic rings. The van der Waals surface area contributed by atoms with Crippen LogP contribution in [-0.4, -0.2) is 27.8 Å². The predicted molar refractivity (Wildman–Crippen MR) is 315 cm³/mol. The van der Waals surface area contributed by atoms with Crippen LogP contribution < -0.4 is 4.40 Å². The van der Waals surface area contributed by atoms with Crippen LogP contribution in [0, 0.1) is 24.9 Å². The molecule has 0 N–H and O–H groups in total. The topological polar surface area (TPSA) is 43.9 Å². The fourth-order valence-electron chi connectivity index (χ4n) is 10.3. The van der Waals surface area contributed by atoms with Crippen molar-refractivity contribution in [2.75, 3.05) is 0 Å². The molecular weight excluding hydrogens is 1170 g/mol. The number of hydrogen-bond acceptors (Lipinski definition) is 3. The Kier molecular flexibility index (Phi) is 14.1. The first kappa shape index (κ1) is 50.9. The molecule has 0 unspecified atom stereocenters. The van der Waals surface area contributed by atoms with E-state index in [2.05, 4.69) is 207 Å². The average Bonchev–Trinajstić information content (AvgIpc) is 4.01. The molecule has 0 fully saturated rings. The predicted octanol–water partition coefficient (Wildman–Crippen LogP) is 18.5. The van der Waals surface area contributed by atoms with Crippen molar-refractivity contribution in [2.45, 2.75) is 70.1 Å². The summed E-state index contributed by atoms with van der Waals surface area (Å²) in [5.41, 5.74) is 17.0. The van der Waals surface area contributed by atoms with Crippen molar-refractivity contribution < 1.29 is 30.3 Å². The molecule has 0 aliphatic heterocycles. The molecular formula is C69H60FGeIrN3O-2. The Hall–Kier alpha value is -7.22. The first-order chi connectivity index (χ1) is 36.4. The summed E-state index contributed by atoms with van der Waals surface area (Å²) in [7, 11) is 0. The third kappa shape index (κ3) is 10.1. The van der Waals surface area contributed by atoms with Crippen LogP contribution >= 0.6 is 0 Å². The van der Waals surface area contributed by atoms with Gasteiger partial charge in [-0.05, 0) is 82.4 Å². The van der Waals surface area contributed by atoms with Gasteiger partial charge in [0, 0.05) is 42.0 Å². The number of aryl methyl sites for hydroxylation is 1. The van der Waals surface area contributed by atoms with Crippen molar-refractivity contribution in [2.24, 2.45) is 0 Å². The number of furan rings is 1. The molecule has 7 heteroatoms. The zero-order valence-corrected chi connectivity index (χ0v) is 48.9. The van der Waals surface area contributed by atoms with E-state index in [9.17, 15) is 4.39 Å². The average molecular weight is 1230 g/mol. The molecule has 12 rings (SSSR count). The van der Waals surface area contributed by atoms with E-state index in [1.165, 1.54) is 21.6 Å². The summed E-state index contributed by atoms with van der Waals surface area (Å²) in [5, 5.41) is 3.73. The summed E-state index contributed by atoms with van der Waals surface area (Å²) in [6, 6.07) is 70.6. The van der Waals surface area contributed by atoms with Crippen LogP contribution in [0.2, 0.25) is 17.3 Å². The quantitative estimate of drug-likeness (QED) is 0.112. The monoisotopic (exact) mass is 1230 g/mol. The molecule has 0 aliphatic carbocycles. The van der Waals surface area contributed by atoms with E-state index in [1.54, 1.807) is 6.07 Å². The largest absolute Gasteiger partial charge is 0 e. The Balaban J connectivity index is 0.000000211. The molecule has 0 saturated carbocycles. The Labute approximate surface area is 463 Å². The number of nitrogens with zero attached hydrogens (tertiary/aromatic N) is 3. The van der Waals surface area contributed by atoms with Gasteiger partial charge in [-0.1, -0.05) is 111 Å². The second-order valence-corrected chi connectivity index (χ2v) is 32.5. The number of hydrogen-bond donors (Lipinski definition) is 0. The maximum absolute atomic E-state index is 14.5. The Morgan fingerprint density at radius 3 is 1.92 bits per heavy atom. The van der Waals surface area contributed by atoms with Gasteiger partial charge in [0.25, 0.3) is 0 Å². The number of benzene rings is 9. The maximum atomic E-state index is 14.5. The molecule has 0 atom stereocenters. The van der Waals surface area contributed by atoms with Crippen LogP contribution in [0.25, 0.3) is 105 Å². The molecule has 4 nitrogen and oxygen atoms in total. The third-order valence-corrected chi connectivity index (χ3v) is 18.4. The van der Waals surface area contributed by atoms with Gasteiger partial charge in [0.1, 0.15) is 11.4 Å². The number of rotatable bonds is 8. The molecule has 0 amide bonds. The van der Waals surface area contributed by atoms with E-state index < -0.39 is 19.2 Å². The fourth-order valence-corrected chi connectivity index (χ4v) is 13.6. The van der Waals surface area contributed by atoms with Crippen LogP contribution in [0.4, 0.5) is 4.39 Å². The fraction of sp³-hybridized carbons (Fsp3) is 0.159. The normalized spacial score (nSPS) is 12.2. The maximum Gasteiger partial charge on any atom is 0 e. The molecule has 0 saturated heterocycles. The Bertz CT molecular complexity index is 4070. The summed E-state index contributed by atoms with van der Waals surface area (Å²) < 4.78 is 33.4. The molecule has 0 spiro atoms. The van der Waals surface area contributed by atoms with Gasteiger partial charge in [-0.15, -0.1) is 18.2 Å². The molecule has 0 aliphatic rings. The Morgan fingerprint density at radius 1 is 0.658 bits per heavy atom. The summed E-state index contributed by atoms with van der Waals surface area (Å²) in [6.07, 6.45) is 2.02. The smallest absolute Gasteiger partial charge is 0 e. The zero-order valence-electron chi connectivity index (χ0n) is 45.4. The van der Waals surface area contributed by atoms with Crippen molar-refractivity contribution >= 4 is 61.4 Å². The number of aromatic nitrogens is 3. The minimum atomic E-state index is -2.10. The van der Waals surface area contributed by atoms with Crippen LogP contribution in [0.3, 0.4) is 0 Å². The van der Waals surface area contributed by atoms with E-state index >= 15 is 0 Å². The molecule has 1 radical (unpaired) electrons. The second kappa shape index (κ2) is 21.1. The summed E-state index contributed by atoms with van der Waals surface area (Å²) in [5.74, 6) is 6.86. The molecule has 9 aromatic carbocycles. The zero-order chi connectivity index (χ0) is 53.1. The minimum Gasteiger partial charge on any atom is 0 e. The summed E-state index contributed by atoms with van der Waals surface area (Å²) >= 11 is -2.10. The van der Waals surface area contributed by atoms with Gasteiger partial charge in [-0.25, -0.2) is 4.39 Å². The number of imidazole rings is 1. The van der Waals surface area contributed by atoms with Gasteiger partial charge >= 0.3 is 156 Å². The van der Waals surface area contributed by atoms with Gasteiger partial charge < -0.3 is 8.98 Å². The van der Waals surface area contributed by atoms with Crippen LogP contribution in [0.5, 0.6) is 0 Å². The summed E-state index contributed by atoms with van der Waals surface area (Å²) in [4.78, 5) is 10.2. The van der Waals surface area contributed by atoms with Gasteiger partial charge in [0.05, 0.1) is 28.1 Å². The van der Waals surface area contributed by atoms with Crippen molar-refractivity contribution in [1.29, 1.82) is 0 Å². The van der Waals surface area contributed by atoms with E-state index in [-0.39, 0.29) is 31.3 Å². The number of halogens is 1. The van der Waals surface area contributed by atoms with E-state index in [1.807, 2.05) is 50.4 Å². The van der Waals surface area contributed by atoms with Crippen LogP contribution in [0.1, 0.15) is 58.6 Å². The first-order valence-electron chi connectivity index (χ1n) is 26.2. The molecule has 76 heavy (non-hydrogen) atoms. The number of pyridine rings is 1. The van der Waals surface area contributed by atoms with Gasteiger partial charge in [-0.3, -0.25) is 4.98 Å². The minimum absolute atomic E-state index is 0. The van der Waals surface area contributed by atoms with E-state index in [0.29, 0.717) is 5.82 Å². The number of fused-ring (bicyclic) bond motifs is 6. The molecule has 379 valence electrons. The molecule has 3 heterocycles. The van der Waals surface area contributed by atoms with Crippen molar-refractivity contribution in [3.05, 3.63) is 229 Å². The van der Waals surface area contributed by atoms with E-state index in [0.717, 1.165) is 105 Å².